The fourth-order valence-electron chi connectivity index (χ4n) is 3.75. The zero-order valence-electron chi connectivity index (χ0n) is 12.9. The number of carbonyl (C=O) groups is 2. The lowest BCUT2D eigenvalue weighted by atomic mass is 10.0. The standard InChI is InChI=1S/C16H23N3O3/c1-11-14-9-13(16(21)17-22)10-18(14)6-7-19(11)15(20)8-12-4-2-3-5-12/h9-12,22H,2-8H2,1H3,(H,17,21). The van der Waals surface area contributed by atoms with Crippen LogP contribution in [-0.4, -0.2) is 33.0 Å². The van der Waals surface area contributed by atoms with E-state index in [1.54, 1.807) is 17.7 Å². The number of rotatable bonds is 3. The highest BCUT2D eigenvalue weighted by Gasteiger charge is 2.30. The van der Waals surface area contributed by atoms with Crippen LogP contribution in [0.1, 0.15) is 61.1 Å². The first-order valence-corrected chi connectivity index (χ1v) is 8.04. The minimum absolute atomic E-state index is 0.0390. The molecule has 1 aromatic heterocycles. The quantitative estimate of drug-likeness (QED) is 0.663. The van der Waals surface area contributed by atoms with E-state index in [0.29, 0.717) is 31.0 Å². The van der Waals surface area contributed by atoms with Gasteiger partial charge in [0, 0.05) is 31.4 Å². The summed E-state index contributed by atoms with van der Waals surface area (Å²) < 4.78 is 1.99. The molecule has 6 heteroatoms. The molecule has 1 atom stereocenters. The Morgan fingerprint density at radius 2 is 2.05 bits per heavy atom. The summed E-state index contributed by atoms with van der Waals surface area (Å²) in [6, 6.07) is 1.72. The van der Waals surface area contributed by atoms with Gasteiger partial charge in [-0.1, -0.05) is 12.8 Å². The number of hydrogen-bond donors (Lipinski definition) is 2. The van der Waals surface area contributed by atoms with Gasteiger partial charge in [0.05, 0.1) is 11.6 Å². The largest absolute Gasteiger partial charge is 0.347 e. The van der Waals surface area contributed by atoms with E-state index in [0.717, 1.165) is 5.69 Å². The van der Waals surface area contributed by atoms with Crippen molar-refractivity contribution in [1.82, 2.24) is 14.9 Å². The molecule has 1 saturated carbocycles. The number of hydroxylamine groups is 1. The maximum absolute atomic E-state index is 12.6. The van der Waals surface area contributed by atoms with Crippen LogP contribution >= 0.6 is 0 Å². The SMILES string of the molecule is CC1c2cc(C(=O)NO)cn2CCN1C(=O)CC1CCCC1. The number of aromatic nitrogens is 1. The Bertz CT molecular complexity index is 575. The highest BCUT2D eigenvalue weighted by Crippen LogP contribution is 2.32. The van der Waals surface area contributed by atoms with Crippen molar-refractivity contribution in [2.24, 2.45) is 5.92 Å². The van der Waals surface area contributed by atoms with Crippen molar-refractivity contribution in [3.63, 3.8) is 0 Å². The minimum Gasteiger partial charge on any atom is -0.347 e. The first kappa shape index (κ1) is 15.1. The first-order chi connectivity index (χ1) is 10.6. The fourth-order valence-corrected chi connectivity index (χ4v) is 3.75. The summed E-state index contributed by atoms with van der Waals surface area (Å²) in [5.41, 5.74) is 3.03. The highest BCUT2D eigenvalue weighted by atomic mass is 16.5. The molecule has 2 N–H and O–H groups in total. The summed E-state index contributed by atoms with van der Waals surface area (Å²) in [5.74, 6) is 0.252. The van der Waals surface area contributed by atoms with Crippen LogP contribution in [0.4, 0.5) is 0 Å². The van der Waals surface area contributed by atoms with Gasteiger partial charge in [-0.25, -0.2) is 5.48 Å². The summed E-state index contributed by atoms with van der Waals surface area (Å²) in [6.07, 6.45) is 7.22. The normalized spacial score (nSPS) is 21.7. The monoisotopic (exact) mass is 305 g/mol. The first-order valence-electron chi connectivity index (χ1n) is 8.04. The van der Waals surface area contributed by atoms with Crippen molar-refractivity contribution in [2.75, 3.05) is 6.54 Å². The van der Waals surface area contributed by atoms with Gasteiger partial charge in [0.25, 0.3) is 5.91 Å². The lowest BCUT2D eigenvalue weighted by Gasteiger charge is -2.35. The lowest BCUT2D eigenvalue weighted by Crippen LogP contribution is -2.41. The number of fused-ring (bicyclic) bond motifs is 1. The fraction of sp³-hybridized carbons (Fsp3) is 0.625. The molecule has 120 valence electrons. The molecule has 2 aliphatic rings. The van der Waals surface area contributed by atoms with E-state index >= 15 is 0 Å². The molecule has 1 fully saturated rings. The van der Waals surface area contributed by atoms with Gasteiger partial charge in [-0.3, -0.25) is 14.8 Å². The van der Waals surface area contributed by atoms with E-state index in [-0.39, 0.29) is 11.9 Å². The average molecular weight is 305 g/mol. The Morgan fingerprint density at radius 1 is 1.32 bits per heavy atom. The molecule has 0 radical (unpaired) electrons. The molecule has 1 unspecified atom stereocenters. The zero-order chi connectivity index (χ0) is 15.7. The molecule has 2 amide bonds. The number of nitrogens with one attached hydrogen (secondary N) is 1. The molecule has 1 aromatic rings. The van der Waals surface area contributed by atoms with Crippen molar-refractivity contribution >= 4 is 11.8 Å². The Hall–Kier alpha value is -1.82. The van der Waals surface area contributed by atoms with Crippen molar-refractivity contribution in [3.8, 4) is 0 Å². The second kappa shape index (κ2) is 6.12. The van der Waals surface area contributed by atoms with Gasteiger partial charge in [0.2, 0.25) is 5.91 Å². The van der Waals surface area contributed by atoms with Crippen LogP contribution in [0.3, 0.4) is 0 Å². The van der Waals surface area contributed by atoms with Crippen LogP contribution in [0.5, 0.6) is 0 Å². The average Bonchev–Trinajstić information content (AvgIpc) is 3.16. The summed E-state index contributed by atoms with van der Waals surface area (Å²) in [6.45, 7) is 3.36. The molecule has 6 nitrogen and oxygen atoms in total. The number of nitrogens with zero attached hydrogens (tertiary/aromatic N) is 2. The van der Waals surface area contributed by atoms with Crippen LogP contribution in [0, 0.1) is 5.92 Å². The van der Waals surface area contributed by atoms with Gasteiger partial charge in [-0.05, 0) is 31.7 Å². The van der Waals surface area contributed by atoms with E-state index in [1.807, 2.05) is 16.4 Å². The van der Waals surface area contributed by atoms with E-state index in [4.69, 9.17) is 5.21 Å². The van der Waals surface area contributed by atoms with E-state index < -0.39 is 5.91 Å². The molecule has 0 bridgehead atoms. The molecule has 1 aliphatic heterocycles. The number of carbonyl (C=O) groups excluding carboxylic acids is 2. The minimum atomic E-state index is -0.516. The Balaban J connectivity index is 1.72. The molecule has 1 aliphatic carbocycles. The number of amides is 2. The second-order valence-electron chi connectivity index (χ2n) is 6.41. The van der Waals surface area contributed by atoms with Crippen LogP contribution < -0.4 is 5.48 Å². The molecule has 0 spiro atoms. The van der Waals surface area contributed by atoms with Crippen LogP contribution in [-0.2, 0) is 11.3 Å². The summed E-state index contributed by atoms with van der Waals surface area (Å²) in [5, 5.41) is 8.74. The third-order valence-corrected chi connectivity index (χ3v) is 5.03. The van der Waals surface area contributed by atoms with Crippen molar-refractivity contribution in [2.45, 2.75) is 51.6 Å². The van der Waals surface area contributed by atoms with E-state index in [2.05, 4.69) is 0 Å². The van der Waals surface area contributed by atoms with E-state index in [9.17, 15) is 9.59 Å². The Kier molecular flexibility index (Phi) is 4.20. The van der Waals surface area contributed by atoms with Crippen LogP contribution in [0.25, 0.3) is 0 Å². The van der Waals surface area contributed by atoms with Crippen molar-refractivity contribution in [1.29, 1.82) is 0 Å². The molecule has 3 rings (SSSR count). The number of hydrogen-bond acceptors (Lipinski definition) is 3. The molecular weight excluding hydrogens is 282 g/mol. The molecule has 0 aromatic carbocycles. The third-order valence-electron chi connectivity index (χ3n) is 5.03. The predicted octanol–water partition coefficient (Wildman–Crippen LogP) is 2.09. The van der Waals surface area contributed by atoms with Crippen molar-refractivity contribution in [3.05, 3.63) is 23.5 Å². The molecule has 2 heterocycles. The lowest BCUT2D eigenvalue weighted by molar-refractivity contribution is -0.135. The van der Waals surface area contributed by atoms with Crippen LogP contribution in [0.15, 0.2) is 12.3 Å². The van der Waals surface area contributed by atoms with Gasteiger partial charge >= 0.3 is 0 Å². The maximum Gasteiger partial charge on any atom is 0.276 e. The highest BCUT2D eigenvalue weighted by molar-refractivity contribution is 5.93. The molecular formula is C16H23N3O3. The van der Waals surface area contributed by atoms with Gasteiger partial charge in [0.15, 0.2) is 0 Å². The second-order valence-corrected chi connectivity index (χ2v) is 6.41. The Morgan fingerprint density at radius 3 is 2.73 bits per heavy atom. The van der Waals surface area contributed by atoms with Crippen LogP contribution in [0.2, 0.25) is 0 Å². The van der Waals surface area contributed by atoms with E-state index in [1.165, 1.54) is 25.7 Å². The van der Waals surface area contributed by atoms with Gasteiger partial charge in [-0.2, -0.15) is 0 Å². The van der Waals surface area contributed by atoms with Gasteiger partial charge in [0.1, 0.15) is 0 Å². The smallest absolute Gasteiger partial charge is 0.276 e. The zero-order valence-corrected chi connectivity index (χ0v) is 12.9. The predicted molar refractivity (Wildman–Crippen MR) is 80.4 cm³/mol. The molecule has 22 heavy (non-hydrogen) atoms. The summed E-state index contributed by atoms with van der Waals surface area (Å²) in [7, 11) is 0. The Labute approximate surface area is 130 Å². The summed E-state index contributed by atoms with van der Waals surface area (Å²) in [4.78, 5) is 26.0. The van der Waals surface area contributed by atoms with Crippen molar-refractivity contribution < 1.29 is 14.8 Å². The third kappa shape index (κ3) is 2.75. The van der Waals surface area contributed by atoms with Gasteiger partial charge < -0.3 is 9.47 Å². The molecule has 0 saturated heterocycles. The summed E-state index contributed by atoms with van der Waals surface area (Å²) >= 11 is 0. The topological polar surface area (TPSA) is 74.6 Å². The maximum atomic E-state index is 12.6. The van der Waals surface area contributed by atoms with Gasteiger partial charge in [-0.15, -0.1) is 0 Å².